The van der Waals surface area contributed by atoms with E-state index in [9.17, 15) is 37.5 Å². The largest absolute Gasteiger partial charge is 0.384 e. The lowest BCUT2D eigenvalue weighted by atomic mass is 9.78. The van der Waals surface area contributed by atoms with Crippen LogP contribution in [0.2, 0.25) is 0 Å². The van der Waals surface area contributed by atoms with E-state index in [4.69, 9.17) is 17.2 Å². The zero-order valence-electron chi connectivity index (χ0n) is 29.2. The molecule has 3 aliphatic rings. The highest BCUT2D eigenvalue weighted by molar-refractivity contribution is 7.91. The van der Waals surface area contributed by atoms with Crippen molar-refractivity contribution in [2.24, 2.45) is 23.1 Å². The number of hydrogen-bond donors (Lipinski definition) is 5. The van der Waals surface area contributed by atoms with Crippen LogP contribution >= 0.6 is 0 Å². The Labute approximate surface area is 300 Å². The van der Waals surface area contributed by atoms with Crippen LogP contribution in [0.1, 0.15) is 116 Å². The molecule has 1 aromatic heterocycles. The highest BCUT2D eigenvalue weighted by Crippen LogP contribution is 2.39. The number of amides is 5. The molecule has 2 aliphatic heterocycles. The van der Waals surface area contributed by atoms with Gasteiger partial charge in [-0.15, -0.1) is 5.10 Å². The maximum absolute atomic E-state index is 15.0. The second-order valence-corrected chi connectivity index (χ2v) is 17.1. The normalized spacial score (nSPS) is 22.3. The summed E-state index contributed by atoms with van der Waals surface area (Å²) < 4.78 is 26.1. The molecular weight excluding hydrogens is 696 g/mol. The van der Waals surface area contributed by atoms with Gasteiger partial charge in [0.05, 0.1) is 35.4 Å². The maximum Gasteiger partial charge on any atom is 0.287 e. The highest BCUT2D eigenvalue weighted by Gasteiger charge is 2.51. The molecule has 2 saturated heterocycles. The van der Waals surface area contributed by atoms with Crippen molar-refractivity contribution < 1.29 is 42.3 Å². The molecule has 0 radical (unpaired) electrons. The van der Waals surface area contributed by atoms with E-state index in [2.05, 4.69) is 15.6 Å². The van der Waals surface area contributed by atoms with Gasteiger partial charge in [-0.3, -0.25) is 28.8 Å². The first-order valence-electron chi connectivity index (χ1n) is 17.4. The number of nitrogens with zero attached hydrogens (tertiary/aromatic N) is 4. The number of Topliss-reactive ketones (excluding diaryl/α,β-unsaturated/α-hetero) is 1. The van der Waals surface area contributed by atoms with Gasteiger partial charge >= 0.3 is 0 Å². The number of carbonyl (C=O) groups excluding carboxylic acids is 6. The fourth-order valence-corrected chi connectivity index (χ4v) is 9.35. The van der Waals surface area contributed by atoms with Crippen molar-refractivity contribution in [3.63, 3.8) is 0 Å². The Morgan fingerprint density at radius 1 is 1.02 bits per heavy atom. The average Bonchev–Trinajstić information content (AvgIpc) is 3.76. The molecule has 0 bridgehead atoms. The van der Waals surface area contributed by atoms with Crippen LogP contribution in [0.25, 0.3) is 0 Å². The van der Waals surface area contributed by atoms with Gasteiger partial charge in [0.2, 0.25) is 29.4 Å². The SMILES string of the molecule is CC(C)(O)c1cnnn1[C@H]1C[C@@H](C(=O)NC2(C(=O)C(N)=O)CCS(=O)(=O)CC2)N(C(=O)C(CC2CCCCC2)c2cc(C(N)=O)ccc2C(N)=O)C1. The number of ketones is 1. The van der Waals surface area contributed by atoms with Gasteiger partial charge in [-0.1, -0.05) is 37.3 Å². The molecule has 17 nitrogen and oxygen atoms in total. The predicted molar refractivity (Wildman–Crippen MR) is 185 cm³/mol. The Kier molecular flexibility index (Phi) is 10.9. The molecule has 1 saturated carbocycles. The number of likely N-dealkylation sites (tertiary alicyclic amines) is 1. The quantitative estimate of drug-likeness (QED) is 0.176. The van der Waals surface area contributed by atoms with Gasteiger partial charge in [-0.2, -0.15) is 0 Å². The van der Waals surface area contributed by atoms with E-state index < -0.39 is 98.6 Å². The Morgan fingerprint density at radius 3 is 2.25 bits per heavy atom. The van der Waals surface area contributed by atoms with Gasteiger partial charge in [0.25, 0.3) is 5.91 Å². The van der Waals surface area contributed by atoms with E-state index in [1.165, 1.54) is 47.8 Å². The van der Waals surface area contributed by atoms with Gasteiger partial charge < -0.3 is 32.5 Å². The van der Waals surface area contributed by atoms with Gasteiger partial charge in [0.15, 0.2) is 9.84 Å². The Bertz CT molecular complexity index is 1870. The third-order valence-electron chi connectivity index (χ3n) is 10.7. The standard InChI is InChI=1S/C34H46N8O9S/c1-33(2,49)26-17-38-40-42(26)21-16-25(31(47)39-34(27(43)30(37)46)10-12-52(50,51)13-11-34)41(18-21)32(48)24(14-19-6-4-3-5-7-19)23-15-20(28(35)44)8-9-22(23)29(36)45/h8-9,15,17,19,21,24-25,49H,3-7,10-14,16,18H2,1-2H3,(H2,35,44)(H2,36,45)(H2,37,46)(H,39,47)/t21-,24?,25-/m0/s1. The van der Waals surface area contributed by atoms with E-state index in [0.29, 0.717) is 5.69 Å². The van der Waals surface area contributed by atoms with Crippen molar-refractivity contribution >= 4 is 45.2 Å². The lowest BCUT2D eigenvalue weighted by molar-refractivity contribution is -0.145. The Hall–Kier alpha value is -4.71. The number of hydrogen-bond acceptors (Lipinski definition) is 11. The first kappa shape index (κ1) is 38.5. The molecule has 3 atom stereocenters. The van der Waals surface area contributed by atoms with Crippen LogP contribution < -0.4 is 22.5 Å². The predicted octanol–water partition coefficient (Wildman–Crippen LogP) is -0.282. The molecule has 282 valence electrons. The molecular formula is C34H46N8O9S. The zero-order valence-corrected chi connectivity index (χ0v) is 30.1. The second-order valence-electron chi connectivity index (χ2n) is 14.8. The van der Waals surface area contributed by atoms with Gasteiger partial charge in [0, 0.05) is 24.1 Å². The number of primary amides is 3. The monoisotopic (exact) mass is 742 g/mol. The van der Waals surface area contributed by atoms with Crippen molar-refractivity contribution in [2.75, 3.05) is 18.1 Å². The summed E-state index contributed by atoms with van der Waals surface area (Å²) in [5.74, 6) is -7.52. The summed E-state index contributed by atoms with van der Waals surface area (Å²) in [5, 5.41) is 21.6. The molecule has 1 unspecified atom stereocenters. The summed E-state index contributed by atoms with van der Waals surface area (Å²) in [4.78, 5) is 81.2. The number of sulfone groups is 1. The lowest BCUT2D eigenvalue weighted by Crippen LogP contribution is -2.64. The summed E-state index contributed by atoms with van der Waals surface area (Å²) in [5.41, 5.74) is 13.9. The minimum absolute atomic E-state index is 0.00548. The Balaban J connectivity index is 1.60. The molecule has 18 heteroatoms. The Morgan fingerprint density at radius 2 is 1.67 bits per heavy atom. The van der Waals surface area contributed by atoms with Crippen LogP contribution in [-0.2, 0) is 34.6 Å². The first-order valence-corrected chi connectivity index (χ1v) is 19.2. The minimum atomic E-state index is -3.56. The highest BCUT2D eigenvalue weighted by atomic mass is 32.2. The summed E-state index contributed by atoms with van der Waals surface area (Å²) in [6.07, 6.45) is 5.27. The summed E-state index contributed by atoms with van der Waals surface area (Å²) >= 11 is 0. The van der Waals surface area contributed by atoms with Crippen LogP contribution in [0.4, 0.5) is 0 Å². The number of nitrogens with one attached hydrogen (secondary N) is 1. The number of nitrogens with two attached hydrogens (primary N) is 3. The fourth-order valence-electron chi connectivity index (χ4n) is 7.83. The van der Waals surface area contributed by atoms with Crippen LogP contribution in [0.15, 0.2) is 24.4 Å². The molecule has 3 fully saturated rings. The third kappa shape index (κ3) is 8.01. The third-order valence-corrected chi connectivity index (χ3v) is 12.3. The van der Waals surface area contributed by atoms with Crippen molar-refractivity contribution in [1.29, 1.82) is 0 Å². The van der Waals surface area contributed by atoms with Gasteiger partial charge in [-0.05, 0) is 62.8 Å². The van der Waals surface area contributed by atoms with E-state index in [0.717, 1.165) is 32.1 Å². The van der Waals surface area contributed by atoms with Crippen LogP contribution in [0.3, 0.4) is 0 Å². The lowest BCUT2D eigenvalue weighted by Gasteiger charge is -2.37. The van der Waals surface area contributed by atoms with Gasteiger partial charge in [-0.25, -0.2) is 13.1 Å². The summed E-state index contributed by atoms with van der Waals surface area (Å²) in [6, 6.07) is 2.04. The van der Waals surface area contributed by atoms with Crippen molar-refractivity contribution in [2.45, 2.75) is 101 Å². The van der Waals surface area contributed by atoms with E-state index in [-0.39, 0.29) is 42.0 Å². The number of carbonyl (C=O) groups is 6. The van der Waals surface area contributed by atoms with E-state index in [1.807, 2.05) is 0 Å². The topological polar surface area (TPSA) is 281 Å². The minimum Gasteiger partial charge on any atom is -0.384 e. The molecule has 8 N–H and O–H groups in total. The van der Waals surface area contributed by atoms with Crippen LogP contribution in [0.5, 0.6) is 0 Å². The van der Waals surface area contributed by atoms with E-state index >= 15 is 4.79 Å². The molecule has 0 spiro atoms. The summed E-state index contributed by atoms with van der Waals surface area (Å²) in [7, 11) is -3.56. The number of benzene rings is 1. The zero-order chi connectivity index (χ0) is 38.2. The molecule has 52 heavy (non-hydrogen) atoms. The smallest absolute Gasteiger partial charge is 0.287 e. The van der Waals surface area contributed by atoms with Crippen LogP contribution in [0, 0.1) is 5.92 Å². The number of aromatic nitrogens is 3. The van der Waals surface area contributed by atoms with E-state index in [1.54, 1.807) is 0 Å². The first-order chi connectivity index (χ1) is 24.3. The number of rotatable bonds is 12. The molecule has 1 aliphatic carbocycles. The van der Waals surface area contributed by atoms with Crippen molar-refractivity contribution in [3.05, 3.63) is 46.8 Å². The molecule has 1 aromatic carbocycles. The maximum atomic E-state index is 15.0. The molecule has 2 aromatic rings. The van der Waals surface area contributed by atoms with Crippen molar-refractivity contribution in [3.8, 4) is 0 Å². The number of aliphatic hydroxyl groups is 1. The molecule has 5 amide bonds. The molecule has 3 heterocycles. The van der Waals surface area contributed by atoms with Crippen LogP contribution in [-0.4, -0.2) is 98.4 Å². The second kappa shape index (κ2) is 14.7. The van der Waals surface area contributed by atoms with Crippen molar-refractivity contribution in [1.82, 2.24) is 25.2 Å². The average molecular weight is 743 g/mol. The summed E-state index contributed by atoms with van der Waals surface area (Å²) in [6.45, 7) is 2.92. The molecule has 5 rings (SSSR count). The fraction of sp³-hybridized carbons (Fsp3) is 0.588. The van der Waals surface area contributed by atoms with Gasteiger partial charge in [0.1, 0.15) is 17.2 Å².